The lowest BCUT2D eigenvalue weighted by Gasteiger charge is -2.17. The van der Waals surface area contributed by atoms with Crippen LogP contribution in [-0.4, -0.2) is 35.3 Å². The van der Waals surface area contributed by atoms with Crippen molar-refractivity contribution in [3.63, 3.8) is 0 Å². The predicted molar refractivity (Wildman–Crippen MR) is 171 cm³/mol. The van der Waals surface area contributed by atoms with Crippen LogP contribution < -0.4 is 16.6 Å². The number of carbonyl (C=O) groups is 1. The summed E-state index contributed by atoms with van der Waals surface area (Å²) in [6.45, 7) is -0.221. The van der Waals surface area contributed by atoms with E-state index in [2.05, 4.69) is 25.4 Å². The molecule has 12 heteroatoms. The first-order chi connectivity index (χ1) is 22.3. The van der Waals surface area contributed by atoms with Gasteiger partial charge in [0.2, 0.25) is 11.9 Å². The molecule has 7 rings (SSSR count). The molecule has 11 nitrogen and oxygen atoms in total. The van der Waals surface area contributed by atoms with Gasteiger partial charge in [-0.3, -0.25) is 18.8 Å². The van der Waals surface area contributed by atoms with Crippen LogP contribution in [0.5, 0.6) is 0 Å². The first kappa shape index (κ1) is 28.8. The van der Waals surface area contributed by atoms with Crippen LogP contribution in [0.2, 0.25) is 0 Å². The summed E-state index contributed by atoms with van der Waals surface area (Å²) in [4.78, 5) is 40.0. The van der Waals surface area contributed by atoms with Crippen LogP contribution >= 0.6 is 0 Å². The largest absolute Gasteiger partial charge is 0.460 e. The number of nitrogen functional groups attached to an aromatic ring is 1. The summed E-state index contributed by atoms with van der Waals surface area (Å²) in [6, 6.07) is 19.4. The van der Waals surface area contributed by atoms with Crippen LogP contribution in [0.4, 0.5) is 22.0 Å². The van der Waals surface area contributed by atoms with Gasteiger partial charge in [-0.2, -0.15) is 20.1 Å². The normalized spacial score (nSPS) is 12.7. The lowest BCUT2D eigenvalue weighted by molar-refractivity contribution is -0.144. The lowest BCUT2D eigenvalue weighted by Crippen LogP contribution is -2.21. The fourth-order valence-electron chi connectivity index (χ4n) is 5.50. The third-order valence-electron chi connectivity index (χ3n) is 7.86. The zero-order chi connectivity index (χ0) is 31.8. The molecule has 0 saturated heterocycles. The van der Waals surface area contributed by atoms with Crippen molar-refractivity contribution in [1.82, 2.24) is 29.3 Å². The molecule has 0 unspecified atom stereocenters. The van der Waals surface area contributed by atoms with Crippen molar-refractivity contribution in [2.45, 2.75) is 31.8 Å². The number of benzene rings is 3. The molecule has 6 aromatic rings. The highest BCUT2D eigenvalue weighted by Crippen LogP contribution is 2.41. The summed E-state index contributed by atoms with van der Waals surface area (Å²) < 4.78 is 24.2. The van der Waals surface area contributed by atoms with Crippen LogP contribution in [0.25, 0.3) is 27.8 Å². The Morgan fingerprint density at radius 1 is 1.07 bits per heavy atom. The number of halogens is 1. The molecule has 0 aliphatic heterocycles. The molecule has 3 heterocycles. The molecular weight excluding hydrogens is 587 g/mol. The summed E-state index contributed by atoms with van der Waals surface area (Å²) >= 11 is 0. The van der Waals surface area contributed by atoms with Crippen LogP contribution in [0, 0.1) is 5.82 Å². The van der Waals surface area contributed by atoms with Gasteiger partial charge in [-0.15, -0.1) is 0 Å². The number of nitrogens with one attached hydrogen (secondary N) is 1. The molecule has 1 aliphatic carbocycles. The average molecular weight is 617 g/mol. The average Bonchev–Trinajstić information content (AvgIpc) is 3.81. The molecule has 0 amide bonds. The molecule has 0 radical (unpaired) electrons. The van der Waals surface area contributed by atoms with Crippen molar-refractivity contribution in [3.8, 4) is 17.1 Å². The molecular formula is C34H29FN8O3. The van der Waals surface area contributed by atoms with Crippen LogP contribution in [0.1, 0.15) is 35.4 Å². The number of rotatable bonds is 9. The highest BCUT2D eigenvalue weighted by molar-refractivity contribution is 5.84. The van der Waals surface area contributed by atoms with Crippen molar-refractivity contribution in [3.05, 3.63) is 118 Å². The quantitative estimate of drug-likeness (QED) is 0.209. The Labute approximate surface area is 262 Å². The van der Waals surface area contributed by atoms with E-state index in [0.29, 0.717) is 33.8 Å². The second-order valence-electron chi connectivity index (χ2n) is 11.2. The molecule has 46 heavy (non-hydrogen) atoms. The molecule has 3 aromatic heterocycles. The number of esters is 1. The molecule has 0 spiro atoms. The molecule has 1 aliphatic rings. The number of pyridine rings is 1. The Balaban J connectivity index is 1.32. The lowest BCUT2D eigenvalue weighted by atomic mass is 10.0. The number of fused-ring (bicyclic) bond motifs is 1. The fraction of sp³-hybridized carbons (Fsp3) is 0.176. The zero-order valence-electron chi connectivity index (χ0n) is 24.9. The SMILES string of the molecule is Cn1cc(Nc2nc(N)nc(-c3cccc(-n4ccc5cc(C6CC6)cc(F)c5c4=O)c3COC(=O)Cc3ccccc3)n2)cn1. The summed E-state index contributed by atoms with van der Waals surface area (Å²) in [5, 5.41) is 7.72. The Morgan fingerprint density at radius 2 is 1.89 bits per heavy atom. The number of nitrogens with two attached hydrogens (primary N) is 1. The number of carbonyl (C=O) groups excluding carboxylic acids is 1. The zero-order valence-corrected chi connectivity index (χ0v) is 24.9. The first-order valence-corrected chi connectivity index (χ1v) is 14.8. The minimum absolute atomic E-state index is 0.0170. The maximum Gasteiger partial charge on any atom is 0.310 e. The fourth-order valence-corrected chi connectivity index (χ4v) is 5.50. The number of aromatic nitrogens is 6. The van der Waals surface area contributed by atoms with Crippen molar-refractivity contribution < 1.29 is 13.9 Å². The summed E-state index contributed by atoms with van der Waals surface area (Å²) in [7, 11) is 1.78. The number of hydrogen-bond acceptors (Lipinski definition) is 9. The van der Waals surface area contributed by atoms with Gasteiger partial charge >= 0.3 is 5.97 Å². The molecule has 3 aromatic carbocycles. The summed E-state index contributed by atoms with van der Waals surface area (Å²) in [6.07, 6.45) is 7.05. The van der Waals surface area contributed by atoms with E-state index in [1.165, 1.54) is 10.6 Å². The smallest absolute Gasteiger partial charge is 0.310 e. The van der Waals surface area contributed by atoms with Gasteiger partial charge in [0.1, 0.15) is 12.4 Å². The van der Waals surface area contributed by atoms with Gasteiger partial charge in [0.05, 0.1) is 29.4 Å². The maximum atomic E-state index is 15.4. The van der Waals surface area contributed by atoms with E-state index in [1.54, 1.807) is 54.6 Å². The Morgan fingerprint density at radius 3 is 2.65 bits per heavy atom. The van der Waals surface area contributed by atoms with Gasteiger partial charge in [-0.1, -0.05) is 48.5 Å². The van der Waals surface area contributed by atoms with E-state index < -0.39 is 17.3 Å². The van der Waals surface area contributed by atoms with Gasteiger partial charge in [0.25, 0.3) is 5.56 Å². The molecule has 1 fully saturated rings. The van der Waals surface area contributed by atoms with Crippen molar-refractivity contribution in [1.29, 1.82) is 0 Å². The summed E-state index contributed by atoms with van der Waals surface area (Å²) in [5.74, 6) is -0.397. The molecule has 0 bridgehead atoms. The van der Waals surface area contributed by atoms with E-state index in [0.717, 1.165) is 24.0 Å². The van der Waals surface area contributed by atoms with E-state index >= 15 is 4.39 Å². The molecule has 230 valence electrons. The van der Waals surface area contributed by atoms with Gasteiger partial charge in [0, 0.05) is 30.6 Å². The Hall–Kier alpha value is -5.91. The van der Waals surface area contributed by atoms with E-state index in [9.17, 15) is 9.59 Å². The van der Waals surface area contributed by atoms with Crippen molar-refractivity contribution >= 4 is 34.3 Å². The minimum atomic E-state index is -0.567. The number of anilines is 3. The number of hydrogen-bond donors (Lipinski definition) is 2. The van der Waals surface area contributed by atoms with Crippen LogP contribution in [-0.2, 0) is 29.6 Å². The molecule has 1 saturated carbocycles. The van der Waals surface area contributed by atoms with E-state index in [4.69, 9.17) is 10.5 Å². The number of ether oxygens (including phenoxy) is 1. The van der Waals surface area contributed by atoms with Gasteiger partial charge in [0.15, 0.2) is 5.82 Å². The predicted octanol–water partition coefficient (Wildman–Crippen LogP) is 5.20. The second kappa shape index (κ2) is 11.9. The van der Waals surface area contributed by atoms with Gasteiger partial charge < -0.3 is 15.8 Å². The van der Waals surface area contributed by atoms with Gasteiger partial charge in [-0.25, -0.2) is 4.39 Å². The molecule has 0 atom stereocenters. The standard InChI is InChI=1S/C34H29FN8O3/c1-42-18-24(17-37-42)38-34-40-31(39-33(36)41-34)25-8-5-9-28(26(25)19-46-29(44)14-20-6-3-2-4-7-20)43-13-12-22-15-23(21-10-11-21)16-27(35)30(22)32(43)45/h2-9,12-13,15-18,21H,10-11,14,19H2,1H3,(H3,36,38,39,40,41). The number of aryl methyl sites for hydroxylation is 1. The molecule has 3 N–H and O–H groups in total. The maximum absolute atomic E-state index is 15.4. The highest BCUT2D eigenvalue weighted by Gasteiger charge is 2.26. The van der Waals surface area contributed by atoms with Gasteiger partial charge in [-0.05, 0) is 53.5 Å². The first-order valence-electron chi connectivity index (χ1n) is 14.8. The van der Waals surface area contributed by atoms with Crippen LogP contribution in [0.3, 0.4) is 0 Å². The van der Waals surface area contributed by atoms with Crippen molar-refractivity contribution in [2.24, 2.45) is 7.05 Å². The minimum Gasteiger partial charge on any atom is -0.460 e. The van der Waals surface area contributed by atoms with Crippen LogP contribution in [0.15, 0.2) is 90.1 Å². The number of nitrogens with zero attached hydrogens (tertiary/aromatic N) is 6. The second-order valence-corrected chi connectivity index (χ2v) is 11.2. The van der Waals surface area contributed by atoms with Crippen molar-refractivity contribution in [2.75, 3.05) is 11.1 Å². The monoisotopic (exact) mass is 616 g/mol. The highest BCUT2D eigenvalue weighted by atomic mass is 19.1. The summed E-state index contributed by atoms with van der Waals surface area (Å²) in [5.41, 5.74) is 9.15. The third kappa shape index (κ3) is 5.92. The van der Waals surface area contributed by atoms with E-state index in [-0.39, 0.29) is 36.1 Å². The van der Waals surface area contributed by atoms with E-state index in [1.807, 2.05) is 36.4 Å². The topological polar surface area (TPSA) is 143 Å². The Bertz CT molecular complexity index is 2160. The third-order valence-corrected chi connectivity index (χ3v) is 7.86. The Kier molecular flexibility index (Phi) is 7.45.